The summed E-state index contributed by atoms with van der Waals surface area (Å²) in [6, 6.07) is 4.31. The number of nitrogens with zero attached hydrogens (tertiary/aromatic N) is 21. The molecule has 21 rings (SSSR count). The number of aromatic nitrogens is 24. The number of thiol groups is 1. The van der Waals surface area contributed by atoms with Crippen molar-refractivity contribution < 1.29 is 133 Å². The zero-order valence-electron chi connectivity index (χ0n) is 67.4. The van der Waals surface area contributed by atoms with Crippen LogP contribution in [0.25, 0.3) is 67.0 Å². The van der Waals surface area contributed by atoms with Crippen molar-refractivity contribution >= 4 is 249 Å². The van der Waals surface area contributed by atoms with Crippen molar-refractivity contribution in [2.24, 2.45) is 0 Å². The first kappa shape index (κ1) is 98.8. The van der Waals surface area contributed by atoms with Crippen LogP contribution in [0, 0.1) is 0 Å². The molecular formula is C60H64F8N30O24P6S9. The smallest absolute Gasteiger partial charge is 0.386 e. The molecule has 12 aromatic heterocycles. The number of nitrogens with one attached hydrogen (secondary N) is 3. The number of ether oxygens (including phenoxy) is 3. The Balaban J connectivity index is 0.000000132. The van der Waals surface area contributed by atoms with Crippen LogP contribution in [0.5, 0.6) is 0 Å². The minimum atomic E-state index is -4.54. The summed E-state index contributed by atoms with van der Waals surface area (Å²) in [5.41, 5.74) is 32.9. The molecule has 9 fully saturated rings. The number of anilines is 6. The molecule has 9 aliphatic heterocycles. The van der Waals surface area contributed by atoms with Gasteiger partial charge in [-0.2, -0.15) is 41.9 Å². The summed E-state index contributed by atoms with van der Waals surface area (Å²) in [4.78, 5) is 135. The van der Waals surface area contributed by atoms with E-state index in [4.69, 9.17) is 162 Å². The maximum absolute atomic E-state index is 16.0. The molecule has 77 heteroatoms. The predicted octanol–water partition coefficient (Wildman–Crippen LogP) is 3.10. The third-order valence-electron chi connectivity index (χ3n) is 21.7. The summed E-state index contributed by atoms with van der Waals surface area (Å²) >= 11 is 32.2. The van der Waals surface area contributed by atoms with Crippen LogP contribution in [-0.2, 0) is 132 Å². The zero-order valence-corrected chi connectivity index (χ0v) is 80.2. The van der Waals surface area contributed by atoms with Gasteiger partial charge in [-0.05, 0) is 77.2 Å². The molecule has 9 saturated heterocycles. The van der Waals surface area contributed by atoms with Crippen LogP contribution < -0.4 is 51.1 Å². The lowest BCUT2D eigenvalue weighted by Gasteiger charge is -2.28. The van der Waals surface area contributed by atoms with Crippen molar-refractivity contribution in [2.45, 2.75) is 142 Å². The van der Waals surface area contributed by atoms with Crippen molar-refractivity contribution in [1.29, 1.82) is 0 Å². The minimum absolute atomic E-state index is 0.0209. The van der Waals surface area contributed by atoms with Crippen molar-refractivity contribution in [3.8, 4) is 0 Å². The number of rotatable bonds is 6. The first-order valence-corrected chi connectivity index (χ1v) is 57.3. The fourth-order valence-electron chi connectivity index (χ4n) is 15.6. The summed E-state index contributed by atoms with van der Waals surface area (Å²) in [5, 5.41) is 15.9. The molecule has 137 heavy (non-hydrogen) atoms. The highest BCUT2D eigenvalue weighted by atomic mass is 32.7. The summed E-state index contributed by atoms with van der Waals surface area (Å²) in [5.74, 6) is -8.73. The Hall–Kier alpha value is -6.98. The van der Waals surface area contributed by atoms with E-state index in [1.165, 1.54) is 69.5 Å². The highest BCUT2D eigenvalue weighted by Crippen LogP contribution is 2.65. The van der Waals surface area contributed by atoms with E-state index in [9.17, 15) is 43.4 Å². The molecule has 6 bridgehead atoms. The number of hydrogen-bond acceptors (Lipinski definition) is 48. The molecule has 21 heterocycles. The van der Waals surface area contributed by atoms with E-state index in [0.717, 1.165) is 40.0 Å². The summed E-state index contributed by atoms with van der Waals surface area (Å²) in [6.45, 7) is -31.0. The molecule has 738 valence electrons. The second-order valence-electron chi connectivity index (χ2n) is 30.5. The fourth-order valence-corrected chi connectivity index (χ4v) is 29.1. The van der Waals surface area contributed by atoms with E-state index in [0.29, 0.717) is 20.6 Å². The highest BCUT2D eigenvalue weighted by Gasteiger charge is 2.67. The normalized spacial score (nSPS) is 37.0. The van der Waals surface area contributed by atoms with E-state index in [1.54, 1.807) is 0 Å². The number of thioether (sulfide) groups is 3. The van der Waals surface area contributed by atoms with E-state index in [2.05, 4.69) is 103 Å². The molecule has 20 N–H and O–H groups in total. The van der Waals surface area contributed by atoms with E-state index >= 15 is 35.1 Å². The Labute approximate surface area is 797 Å². The van der Waals surface area contributed by atoms with Crippen LogP contribution in [0.3, 0.4) is 0 Å². The van der Waals surface area contributed by atoms with Gasteiger partial charge >= 0.3 is 52.2 Å². The van der Waals surface area contributed by atoms with Gasteiger partial charge in [-0.25, -0.2) is 56.7 Å². The molecule has 0 radical (unpaired) electrons. The van der Waals surface area contributed by atoms with Gasteiger partial charge in [0.25, 0.3) is 16.7 Å². The number of alkyl halides is 8. The molecule has 0 amide bonds. The molecular weight excluding hydrogens is 2150 g/mol. The maximum Gasteiger partial charge on any atom is 0.386 e. The van der Waals surface area contributed by atoms with Crippen LogP contribution >= 0.6 is 87.9 Å². The molecule has 54 nitrogen and oxygen atoms in total. The molecule has 9 aliphatic rings. The third-order valence-corrected chi connectivity index (χ3v) is 35.6. The number of fused-ring (bicyclic) bond motifs is 15. The monoisotopic (exact) mass is 2210 g/mol. The number of hydrogen-bond donors (Lipinski definition) is 15. The summed E-state index contributed by atoms with van der Waals surface area (Å²) < 4.78 is 230. The second-order valence-corrected chi connectivity index (χ2v) is 51.4. The van der Waals surface area contributed by atoms with Gasteiger partial charge < -0.3 is 95.7 Å². The Morgan fingerprint density at radius 1 is 0.409 bits per heavy atom. The van der Waals surface area contributed by atoms with Crippen molar-refractivity contribution in [3.63, 3.8) is 0 Å². The number of nitrogen functional groups attached to an aromatic ring is 6. The van der Waals surface area contributed by atoms with Crippen LogP contribution in [0.4, 0.5) is 70.0 Å². The lowest BCUT2D eigenvalue weighted by atomic mass is 10.1. The van der Waals surface area contributed by atoms with Gasteiger partial charge in [-0.3, -0.25) is 74.7 Å². The van der Waals surface area contributed by atoms with Crippen molar-refractivity contribution in [2.75, 3.05) is 74.0 Å². The molecule has 0 saturated carbocycles. The predicted molar refractivity (Wildman–Crippen MR) is 483 cm³/mol. The number of nitrogens with two attached hydrogens (primary N) is 6. The number of imidazole rings is 3. The van der Waals surface area contributed by atoms with Gasteiger partial charge in [-0.15, -0.1) is 50.6 Å². The molecule has 28 atom stereocenters. The van der Waals surface area contributed by atoms with Gasteiger partial charge in [0.1, 0.15) is 82.9 Å². The van der Waals surface area contributed by atoms with Crippen molar-refractivity contribution in [3.05, 3.63) is 86.8 Å². The standard InChI is InChI=1S/2C20H21F3N10O8P2S3.C20H22F2N10O8P2S3/c2*21-9-8-4-38-43(36,45)41-13-7(39-18(20(13,22)23)33-14-10(30-31-33)6(24)1-2-26-14)3-37-42(35,44)40-12(9)17(46-8)32-5-27-11-15(32)28-19(25)29-16(11)34;21-9-8-4-37-42(35,44)39-13-7(38-18(10(13)22)31-5-26-11-6(23)1-2-25-15(11)31)3-36-41(34,43)40-14(9)19(45-8)32-16-12(29-30-32)17(33)28-20(24)27-16/h2*1-2,5,7-9,12-13,17-18H,3-4H2,(H2,24,26)(H,35,44)(H,36,45)(H3,25,28,29,34);1-2,5,7-10,13-14,18-19H,3-4H2,(H2,23,25)(H,34,43)(H,35,44)(H3,24,27,28,33)/t2*7-,8-,9+,12-,13-,17-,18-,42?,43?;7-,8-,9-,10+,13-,14-,18-,19-,41?,42?/m111/s1. The Morgan fingerprint density at radius 2 is 0.766 bits per heavy atom. The van der Waals surface area contributed by atoms with Crippen LogP contribution in [0.2, 0.25) is 0 Å². The molecule has 0 aliphatic carbocycles. The van der Waals surface area contributed by atoms with Gasteiger partial charge in [0.05, 0.1) is 91.4 Å². The summed E-state index contributed by atoms with van der Waals surface area (Å²) in [7, 11) is 0. The van der Waals surface area contributed by atoms with E-state index < -0.39 is 239 Å². The Kier molecular flexibility index (Phi) is 26.7. The van der Waals surface area contributed by atoms with Gasteiger partial charge in [0.2, 0.25) is 30.3 Å². The number of aromatic amines is 3. The number of H-pyrrole nitrogens is 3. The Bertz CT molecular complexity index is 7000. The number of pyridine rings is 3. The lowest BCUT2D eigenvalue weighted by Crippen LogP contribution is -2.41. The quantitative estimate of drug-likeness (QED) is 0.0646. The largest absolute Gasteiger partial charge is 0.397 e. The second kappa shape index (κ2) is 37.0. The number of halogens is 8. The fraction of sp³-hybridized carbons (Fsp3) is 0.500. The lowest BCUT2D eigenvalue weighted by molar-refractivity contribution is -0.140. The van der Waals surface area contributed by atoms with Crippen LogP contribution in [0.15, 0.2) is 70.2 Å². The maximum atomic E-state index is 16.0. The van der Waals surface area contributed by atoms with E-state index in [-0.39, 0.29) is 90.7 Å². The molecule has 6 unspecified atom stereocenters. The van der Waals surface area contributed by atoms with Gasteiger partial charge in [0.15, 0.2) is 86.1 Å². The van der Waals surface area contributed by atoms with Crippen molar-refractivity contribution in [1.82, 2.24) is 118 Å². The van der Waals surface area contributed by atoms with E-state index in [1.807, 2.05) is 0 Å². The average molecular weight is 2220 g/mol. The average Bonchev–Trinajstić information content (AvgIpc) is 1.58. The summed E-state index contributed by atoms with van der Waals surface area (Å²) in [6.07, 6.45) is -22.1. The topological polar surface area (TPSA) is 734 Å². The Morgan fingerprint density at radius 3 is 1.23 bits per heavy atom. The first-order valence-electron chi connectivity index (χ1n) is 38.8. The van der Waals surface area contributed by atoms with Gasteiger partial charge in [-0.1, -0.05) is 27.9 Å². The zero-order chi connectivity index (χ0) is 97.4. The SMILES string of the molecule is Nc1nc2c(ncn2[C@@H]2S[C@@H]3COP(O)(=S)O[C@@H]4[C@@H](COP(O)(=S)O[C@@H]2[C@H]3F)O[C@@H](n2nnc3c(N)ccnc32)C4(F)F)c(=O)[nH]1.Nc1nc2c(ncn2[C@@H]2S[C@@H]3COP(O)(=S)O[C@@H]4[C@@H](COP(O)(=S)O[C@@H]2[C@H]3F)O[C@@H](n2nnc3c(N)ccnc32)C4(F)F)c(=O)[nH]1.Nc1nc2c(nnn2[C@@H]2S[C@@H]3COP(=O)(S)O[C@H]4[C@H](F)[C@H](n5cnc6c(N)ccnc65)O[C@@H]4COP(O)(=S)O[C@@H]2[C@@H]3F)c(=O)[nH]1. The van der Waals surface area contributed by atoms with Crippen LogP contribution in [0.1, 0.15) is 34.8 Å². The molecule has 0 aromatic carbocycles. The highest BCUT2D eigenvalue weighted by molar-refractivity contribution is 8.44. The molecule has 12 aromatic rings. The molecule has 0 spiro atoms. The van der Waals surface area contributed by atoms with Gasteiger partial charge in [0, 0.05) is 18.6 Å². The minimum Gasteiger partial charge on any atom is -0.397 e. The van der Waals surface area contributed by atoms with Crippen LogP contribution in [-0.4, -0.2) is 290 Å². The first-order chi connectivity index (χ1) is 64.6. The third kappa shape index (κ3) is 19.0.